The minimum Gasteiger partial charge on any atom is -0.276 e. The van der Waals surface area contributed by atoms with Gasteiger partial charge < -0.3 is 0 Å². The predicted octanol–water partition coefficient (Wildman–Crippen LogP) is 2.25. The lowest BCUT2D eigenvalue weighted by molar-refractivity contribution is 0.108. The first-order chi connectivity index (χ1) is 5.65. The second-order valence-electron chi connectivity index (χ2n) is 2.43. The summed E-state index contributed by atoms with van der Waals surface area (Å²) >= 11 is 5.25. The van der Waals surface area contributed by atoms with Crippen LogP contribution >= 0.6 is 11.6 Å². The van der Waals surface area contributed by atoms with Crippen molar-refractivity contribution in [2.75, 3.05) is 0 Å². The van der Waals surface area contributed by atoms with E-state index in [4.69, 9.17) is 16.9 Å². The molecule has 0 aliphatic carbocycles. The lowest BCUT2D eigenvalue weighted by atomic mass is 10.1. The Bertz CT molecular complexity index is 365. The van der Waals surface area contributed by atoms with Crippen molar-refractivity contribution in [1.82, 2.24) is 0 Å². The molecule has 2 nitrogen and oxygen atoms in total. The van der Waals surface area contributed by atoms with Crippen LogP contribution in [0.1, 0.15) is 21.5 Å². The number of rotatable bonds is 1. The van der Waals surface area contributed by atoms with Crippen LogP contribution in [0.3, 0.4) is 0 Å². The molecule has 1 aromatic carbocycles. The van der Waals surface area contributed by atoms with Crippen molar-refractivity contribution >= 4 is 16.8 Å². The number of aryl methyl sites for hydroxylation is 1. The van der Waals surface area contributed by atoms with E-state index in [-0.39, 0.29) is 5.56 Å². The van der Waals surface area contributed by atoms with Gasteiger partial charge in [0.1, 0.15) is 0 Å². The first-order valence-corrected chi connectivity index (χ1v) is 3.73. The minimum atomic E-state index is -0.591. The van der Waals surface area contributed by atoms with E-state index in [1.807, 2.05) is 13.0 Å². The van der Waals surface area contributed by atoms with Gasteiger partial charge in [0.05, 0.1) is 17.2 Å². The summed E-state index contributed by atoms with van der Waals surface area (Å²) in [5.74, 6) is 0. The summed E-state index contributed by atoms with van der Waals surface area (Å²) in [6.45, 7) is 1.85. The van der Waals surface area contributed by atoms with E-state index in [0.29, 0.717) is 5.56 Å². The van der Waals surface area contributed by atoms with Crippen LogP contribution < -0.4 is 0 Å². The van der Waals surface area contributed by atoms with Gasteiger partial charge in [0.25, 0.3) is 5.24 Å². The number of halogens is 1. The van der Waals surface area contributed by atoms with Crippen molar-refractivity contribution in [3.8, 4) is 6.07 Å². The van der Waals surface area contributed by atoms with Crippen LogP contribution in [0, 0.1) is 18.3 Å². The zero-order chi connectivity index (χ0) is 9.14. The Hall–Kier alpha value is -1.33. The van der Waals surface area contributed by atoms with Gasteiger partial charge in [-0.15, -0.1) is 0 Å². The van der Waals surface area contributed by atoms with Gasteiger partial charge in [-0.2, -0.15) is 5.26 Å². The van der Waals surface area contributed by atoms with E-state index in [1.54, 1.807) is 18.2 Å². The van der Waals surface area contributed by atoms with Gasteiger partial charge in [0.2, 0.25) is 0 Å². The van der Waals surface area contributed by atoms with E-state index >= 15 is 0 Å². The summed E-state index contributed by atoms with van der Waals surface area (Å²) in [5, 5.41) is 8.04. The highest BCUT2D eigenvalue weighted by molar-refractivity contribution is 6.68. The van der Waals surface area contributed by atoms with Gasteiger partial charge in [0.15, 0.2) is 0 Å². The van der Waals surface area contributed by atoms with Gasteiger partial charge in [-0.3, -0.25) is 4.79 Å². The maximum absolute atomic E-state index is 10.8. The summed E-state index contributed by atoms with van der Waals surface area (Å²) in [5.41, 5.74) is 1.54. The highest BCUT2D eigenvalue weighted by Gasteiger charge is 2.07. The van der Waals surface area contributed by atoms with E-state index in [0.717, 1.165) is 5.56 Å². The quantitative estimate of drug-likeness (QED) is 0.621. The molecule has 0 saturated heterocycles. The third-order valence-electron chi connectivity index (χ3n) is 1.51. The van der Waals surface area contributed by atoms with Crippen molar-refractivity contribution in [3.63, 3.8) is 0 Å². The average molecular weight is 180 g/mol. The van der Waals surface area contributed by atoms with E-state index in [2.05, 4.69) is 0 Å². The summed E-state index contributed by atoms with van der Waals surface area (Å²) in [6.07, 6.45) is 0. The molecule has 0 heterocycles. The third kappa shape index (κ3) is 1.63. The SMILES string of the molecule is Cc1ccc(C(=O)Cl)c(C#N)c1. The molecule has 60 valence electrons. The molecule has 3 heteroatoms. The molecule has 0 bridgehead atoms. The smallest absolute Gasteiger partial charge is 0.253 e. The molecule has 1 rings (SSSR count). The number of carbonyl (C=O) groups excluding carboxylic acids is 1. The number of benzene rings is 1. The lowest BCUT2D eigenvalue weighted by Gasteiger charge is -1.97. The molecule has 12 heavy (non-hydrogen) atoms. The molecule has 0 spiro atoms. The molecule has 1 aromatic rings. The Balaban J connectivity index is 3.32. The molecule has 0 N–H and O–H groups in total. The van der Waals surface area contributed by atoms with Crippen LogP contribution in [0.5, 0.6) is 0 Å². The van der Waals surface area contributed by atoms with Crippen molar-refractivity contribution < 1.29 is 4.79 Å². The molecule has 0 fully saturated rings. The Morgan fingerprint density at radius 2 is 2.25 bits per heavy atom. The highest BCUT2D eigenvalue weighted by atomic mass is 35.5. The van der Waals surface area contributed by atoms with Gasteiger partial charge >= 0.3 is 0 Å². The lowest BCUT2D eigenvalue weighted by Crippen LogP contribution is -1.93. The van der Waals surface area contributed by atoms with Gasteiger partial charge in [-0.25, -0.2) is 0 Å². The van der Waals surface area contributed by atoms with E-state index in [1.165, 1.54) is 0 Å². The van der Waals surface area contributed by atoms with Crippen molar-refractivity contribution in [2.24, 2.45) is 0 Å². The Morgan fingerprint density at radius 3 is 2.75 bits per heavy atom. The summed E-state index contributed by atoms with van der Waals surface area (Å²) in [7, 11) is 0. The second kappa shape index (κ2) is 3.38. The van der Waals surface area contributed by atoms with Crippen LogP contribution in [0.15, 0.2) is 18.2 Å². The number of hydrogen-bond acceptors (Lipinski definition) is 2. The van der Waals surface area contributed by atoms with Crippen molar-refractivity contribution in [2.45, 2.75) is 6.92 Å². The van der Waals surface area contributed by atoms with Crippen molar-refractivity contribution in [1.29, 1.82) is 5.26 Å². The number of nitrogens with zero attached hydrogens (tertiary/aromatic N) is 1. The van der Waals surface area contributed by atoms with Crippen LogP contribution in [0.25, 0.3) is 0 Å². The summed E-state index contributed by atoms with van der Waals surface area (Å²) < 4.78 is 0. The molecule has 0 aliphatic rings. The molecule has 0 unspecified atom stereocenters. The van der Waals surface area contributed by atoms with E-state index < -0.39 is 5.24 Å². The molecular formula is C9H6ClNO. The predicted molar refractivity (Wildman–Crippen MR) is 46.1 cm³/mol. The molecule has 0 amide bonds. The number of nitriles is 1. The summed E-state index contributed by atoms with van der Waals surface area (Å²) in [6, 6.07) is 6.85. The highest BCUT2D eigenvalue weighted by Crippen LogP contribution is 2.12. The van der Waals surface area contributed by atoms with Crippen LogP contribution in [0.4, 0.5) is 0 Å². The Morgan fingerprint density at radius 1 is 1.58 bits per heavy atom. The second-order valence-corrected chi connectivity index (χ2v) is 2.78. The topological polar surface area (TPSA) is 40.9 Å². The third-order valence-corrected chi connectivity index (χ3v) is 1.71. The maximum atomic E-state index is 10.8. The normalized spacial score (nSPS) is 9.08. The fourth-order valence-corrected chi connectivity index (χ4v) is 1.09. The fourth-order valence-electron chi connectivity index (χ4n) is 0.922. The molecule has 0 radical (unpaired) electrons. The Labute approximate surface area is 75.4 Å². The minimum absolute atomic E-state index is 0.268. The maximum Gasteiger partial charge on any atom is 0.253 e. The van der Waals surface area contributed by atoms with Gasteiger partial charge in [0, 0.05) is 0 Å². The molecule has 0 aromatic heterocycles. The number of hydrogen-bond donors (Lipinski definition) is 0. The van der Waals surface area contributed by atoms with Crippen molar-refractivity contribution in [3.05, 3.63) is 34.9 Å². The largest absolute Gasteiger partial charge is 0.276 e. The Kier molecular flexibility index (Phi) is 2.47. The zero-order valence-corrected chi connectivity index (χ0v) is 7.22. The van der Waals surface area contributed by atoms with Crippen LogP contribution in [0.2, 0.25) is 0 Å². The molecule has 0 aliphatic heterocycles. The van der Waals surface area contributed by atoms with Gasteiger partial charge in [-0.05, 0) is 36.2 Å². The van der Waals surface area contributed by atoms with Crippen LogP contribution in [-0.4, -0.2) is 5.24 Å². The van der Waals surface area contributed by atoms with E-state index in [9.17, 15) is 4.79 Å². The monoisotopic (exact) mass is 179 g/mol. The summed E-state index contributed by atoms with van der Waals surface area (Å²) in [4.78, 5) is 10.8. The average Bonchev–Trinajstić information content (AvgIpc) is 2.03. The first-order valence-electron chi connectivity index (χ1n) is 3.35. The van der Waals surface area contributed by atoms with Crippen LogP contribution in [-0.2, 0) is 0 Å². The standard InChI is InChI=1S/C9H6ClNO/c1-6-2-3-8(9(10)12)7(4-6)5-11/h2-4H,1H3. The molecular weight excluding hydrogens is 174 g/mol. The first kappa shape index (κ1) is 8.76. The fraction of sp³-hybridized carbons (Fsp3) is 0.111. The number of carbonyl (C=O) groups is 1. The van der Waals surface area contributed by atoms with Gasteiger partial charge in [-0.1, -0.05) is 6.07 Å². The zero-order valence-electron chi connectivity index (χ0n) is 6.47. The molecule has 0 atom stereocenters. The molecule has 0 saturated carbocycles.